The third-order valence-electron chi connectivity index (χ3n) is 4.80. The van der Waals surface area contributed by atoms with E-state index in [1.54, 1.807) is 0 Å². The van der Waals surface area contributed by atoms with Gasteiger partial charge in [-0.2, -0.15) is 15.0 Å². The second-order valence-corrected chi connectivity index (χ2v) is 6.69. The molecule has 136 valence electrons. The second kappa shape index (κ2) is 6.82. The van der Waals surface area contributed by atoms with E-state index in [1.165, 1.54) is 10.9 Å². The van der Waals surface area contributed by atoms with Gasteiger partial charge in [-0.05, 0) is 43.9 Å². The van der Waals surface area contributed by atoms with Crippen LogP contribution >= 0.6 is 0 Å². The Bertz CT molecular complexity index is 1070. The Morgan fingerprint density at radius 3 is 2.96 bits per heavy atom. The van der Waals surface area contributed by atoms with Gasteiger partial charge < -0.3 is 10.1 Å². The molecule has 1 atom stereocenters. The van der Waals surface area contributed by atoms with Crippen molar-refractivity contribution in [2.24, 2.45) is 0 Å². The molecule has 0 aliphatic carbocycles. The van der Waals surface area contributed by atoms with Crippen molar-refractivity contribution in [1.82, 2.24) is 14.8 Å². The number of fused-ring (bicyclic) bond motifs is 1. The van der Waals surface area contributed by atoms with Gasteiger partial charge >= 0.3 is 0 Å². The van der Waals surface area contributed by atoms with E-state index in [-0.39, 0.29) is 11.5 Å². The highest BCUT2D eigenvalue weighted by Crippen LogP contribution is 2.26. The maximum absolute atomic E-state index is 12.5. The number of aryl methyl sites for hydroxylation is 2. The first-order valence-corrected chi connectivity index (χ1v) is 8.86. The smallest absolute Gasteiger partial charge is 0.254 e. The summed E-state index contributed by atoms with van der Waals surface area (Å²) in [5.41, 5.74) is 3.25. The van der Waals surface area contributed by atoms with Gasteiger partial charge in [0.2, 0.25) is 0 Å². The highest BCUT2D eigenvalue weighted by atomic mass is 16.5. The summed E-state index contributed by atoms with van der Waals surface area (Å²) < 4.78 is 6.94. The molecule has 1 saturated heterocycles. The quantitative estimate of drug-likeness (QED) is 0.774. The molecule has 1 N–H and O–H groups in total. The molecule has 1 aliphatic heterocycles. The minimum absolute atomic E-state index is 0.264. The van der Waals surface area contributed by atoms with Crippen molar-refractivity contribution in [3.63, 3.8) is 0 Å². The maximum Gasteiger partial charge on any atom is 0.254 e. The molecule has 3 aromatic rings. The number of amides is 1. The third kappa shape index (κ3) is 3.04. The number of anilines is 1. The second-order valence-electron chi connectivity index (χ2n) is 6.69. The monoisotopic (exact) mass is 361 g/mol. The Morgan fingerprint density at radius 1 is 1.37 bits per heavy atom. The molecule has 7 nitrogen and oxygen atoms in total. The van der Waals surface area contributed by atoms with E-state index in [9.17, 15) is 10.1 Å². The van der Waals surface area contributed by atoms with Gasteiger partial charge in [-0.3, -0.25) is 4.79 Å². The SMILES string of the molecule is Cc1cc(-n2ncc(C#N)c2NC(=O)C2CCCO2)nc2c(C)cccc12. The molecule has 2 aromatic heterocycles. The topological polar surface area (TPSA) is 92.8 Å². The van der Waals surface area contributed by atoms with E-state index in [0.717, 1.165) is 28.5 Å². The van der Waals surface area contributed by atoms with Crippen molar-refractivity contribution in [1.29, 1.82) is 5.26 Å². The molecular formula is C20H19N5O2. The molecule has 1 aromatic carbocycles. The fourth-order valence-electron chi connectivity index (χ4n) is 3.36. The minimum Gasteiger partial charge on any atom is -0.368 e. The zero-order chi connectivity index (χ0) is 19.0. The normalized spacial score (nSPS) is 16.4. The van der Waals surface area contributed by atoms with Crippen molar-refractivity contribution in [3.05, 3.63) is 47.2 Å². The minimum atomic E-state index is -0.492. The Kier molecular flexibility index (Phi) is 4.34. The van der Waals surface area contributed by atoms with E-state index < -0.39 is 6.10 Å². The number of rotatable bonds is 3. The average Bonchev–Trinajstić information content (AvgIpc) is 3.32. The standard InChI is InChI=1S/C20H19N5O2/c1-12-5-3-6-15-13(2)9-17(23-18(12)15)25-19(14(10-21)11-22-25)24-20(26)16-7-4-8-27-16/h3,5-6,9,11,16H,4,7-8H2,1-2H3,(H,24,26). The number of carbonyl (C=O) groups excluding carboxylic acids is 1. The summed E-state index contributed by atoms with van der Waals surface area (Å²) in [7, 11) is 0. The number of ether oxygens (including phenoxy) is 1. The van der Waals surface area contributed by atoms with Crippen LogP contribution in [0.5, 0.6) is 0 Å². The van der Waals surface area contributed by atoms with Crippen molar-refractivity contribution >= 4 is 22.6 Å². The summed E-state index contributed by atoms with van der Waals surface area (Å²) in [6, 6.07) is 10.0. The summed E-state index contributed by atoms with van der Waals surface area (Å²) in [6.07, 6.45) is 2.47. The van der Waals surface area contributed by atoms with Gasteiger partial charge in [0, 0.05) is 12.0 Å². The lowest BCUT2D eigenvalue weighted by molar-refractivity contribution is -0.124. The molecule has 0 saturated carbocycles. The van der Waals surface area contributed by atoms with E-state index in [2.05, 4.69) is 16.5 Å². The molecule has 1 amide bonds. The molecule has 0 bridgehead atoms. The highest BCUT2D eigenvalue weighted by molar-refractivity contribution is 5.95. The lowest BCUT2D eigenvalue weighted by Crippen LogP contribution is -2.28. The van der Waals surface area contributed by atoms with Crippen LogP contribution < -0.4 is 5.32 Å². The fraction of sp³-hybridized carbons (Fsp3) is 0.300. The number of para-hydroxylation sites is 1. The van der Waals surface area contributed by atoms with Gasteiger partial charge in [0.25, 0.3) is 5.91 Å². The molecule has 1 aliphatic rings. The molecule has 3 heterocycles. The Morgan fingerprint density at radius 2 is 2.22 bits per heavy atom. The maximum atomic E-state index is 12.5. The third-order valence-corrected chi connectivity index (χ3v) is 4.80. The molecule has 4 rings (SSSR count). The number of aromatic nitrogens is 3. The molecule has 0 radical (unpaired) electrons. The van der Waals surface area contributed by atoms with Crippen LogP contribution in [0.3, 0.4) is 0 Å². The Balaban J connectivity index is 1.79. The summed E-state index contributed by atoms with van der Waals surface area (Å²) in [5, 5.41) is 17.6. The fourth-order valence-corrected chi connectivity index (χ4v) is 3.36. The predicted molar refractivity (Wildman–Crippen MR) is 101 cm³/mol. The summed E-state index contributed by atoms with van der Waals surface area (Å²) in [5.74, 6) is 0.607. The molecule has 1 fully saturated rings. The molecular weight excluding hydrogens is 342 g/mol. The van der Waals surface area contributed by atoms with Crippen molar-refractivity contribution in [2.75, 3.05) is 11.9 Å². The lowest BCUT2D eigenvalue weighted by atomic mass is 10.1. The van der Waals surface area contributed by atoms with E-state index in [1.807, 2.05) is 38.1 Å². The van der Waals surface area contributed by atoms with Crippen LogP contribution in [0.4, 0.5) is 5.82 Å². The zero-order valence-electron chi connectivity index (χ0n) is 15.2. The van der Waals surface area contributed by atoms with Crippen molar-refractivity contribution in [3.8, 4) is 11.9 Å². The molecule has 0 spiro atoms. The zero-order valence-corrected chi connectivity index (χ0v) is 15.2. The van der Waals surface area contributed by atoms with E-state index >= 15 is 0 Å². The number of pyridine rings is 1. The Hall–Kier alpha value is -3.24. The van der Waals surface area contributed by atoms with Crippen LogP contribution in [-0.2, 0) is 9.53 Å². The van der Waals surface area contributed by atoms with Crippen LogP contribution in [0.15, 0.2) is 30.5 Å². The number of hydrogen-bond donors (Lipinski definition) is 1. The number of nitrogens with one attached hydrogen (secondary N) is 1. The van der Waals surface area contributed by atoms with E-state index in [0.29, 0.717) is 24.7 Å². The highest BCUT2D eigenvalue weighted by Gasteiger charge is 2.26. The first kappa shape index (κ1) is 17.2. The van der Waals surface area contributed by atoms with Gasteiger partial charge in [0.05, 0.1) is 11.7 Å². The van der Waals surface area contributed by atoms with Crippen molar-refractivity contribution < 1.29 is 9.53 Å². The first-order chi connectivity index (χ1) is 13.1. The number of carbonyl (C=O) groups is 1. The summed E-state index contributed by atoms with van der Waals surface area (Å²) in [6.45, 7) is 4.59. The summed E-state index contributed by atoms with van der Waals surface area (Å²) in [4.78, 5) is 17.2. The van der Waals surface area contributed by atoms with Crippen LogP contribution in [0.25, 0.3) is 16.7 Å². The number of nitrogens with zero attached hydrogens (tertiary/aromatic N) is 4. The largest absolute Gasteiger partial charge is 0.368 e. The average molecular weight is 361 g/mol. The van der Waals surface area contributed by atoms with Gasteiger partial charge in [0.15, 0.2) is 11.6 Å². The Labute approximate surface area is 156 Å². The van der Waals surface area contributed by atoms with Crippen LogP contribution in [0, 0.1) is 25.2 Å². The first-order valence-electron chi connectivity index (χ1n) is 8.86. The van der Waals surface area contributed by atoms with Gasteiger partial charge in [-0.25, -0.2) is 4.98 Å². The number of nitriles is 1. The number of hydrogen-bond acceptors (Lipinski definition) is 5. The van der Waals surface area contributed by atoms with Gasteiger partial charge in [0.1, 0.15) is 17.7 Å². The van der Waals surface area contributed by atoms with Crippen molar-refractivity contribution in [2.45, 2.75) is 32.8 Å². The molecule has 1 unspecified atom stereocenters. The van der Waals surface area contributed by atoms with Crippen LogP contribution in [0.2, 0.25) is 0 Å². The van der Waals surface area contributed by atoms with Crippen LogP contribution in [-0.4, -0.2) is 33.4 Å². The van der Waals surface area contributed by atoms with Gasteiger partial charge in [-0.1, -0.05) is 18.2 Å². The van der Waals surface area contributed by atoms with Gasteiger partial charge in [-0.15, -0.1) is 0 Å². The van der Waals surface area contributed by atoms with Crippen LogP contribution in [0.1, 0.15) is 29.5 Å². The van der Waals surface area contributed by atoms with E-state index in [4.69, 9.17) is 9.72 Å². The lowest BCUT2D eigenvalue weighted by Gasteiger charge is -2.14. The molecule has 7 heteroatoms. The predicted octanol–water partition coefficient (Wildman–Crippen LogP) is 3.03. The molecule has 27 heavy (non-hydrogen) atoms. The summed E-state index contributed by atoms with van der Waals surface area (Å²) >= 11 is 0. The number of benzene rings is 1.